The fourth-order valence-corrected chi connectivity index (χ4v) is 8.72. The second-order valence-electron chi connectivity index (χ2n) is 13.6. The Morgan fingerprint density at radius 3 is 2.41 bits per heavy atom. The molecule has 0 unspecified atom stereocenters. The fraction of sp³-hybridized carbons (Fsp3) is 0.350. The van der Waals surface area contributed by atoms with Gasteiger partial charge < -0.3 is 29.7 Å². The molecule has 4 heterocycles. The van der Waals surface area contributed by atoms with Gasteiger partial charge in [0.15, 0.2) is 0 Å². The van der Waals surface area contributed by atoms with Crippen molar-refractivity contribution >= 4 is 45.3 Å². The summed E-state index contributed by atoms with van der Waals surface area (Å²) in [6.45, 7) is 3.44. The standard InChI is InChI=1S/C40H40BrN3O7/c1-24-17-18-25(2)30(20-24)43-19-11-5-10-16-32(46)50-23-29(26-12-6-3-7-13-26)42-37(47)33-34-38(48)44(31(22-45)27-14-8-4-9-15-27)36(39(43)49)40(34)21-28(41)35(33)51-40/h3-9,11-15,17-18,20-21,29,31,33-36,45H,10,16,19,22-23H2,1-2H3,(H,42,47)/b11-5-/t29-,31+,33-,34+,35-,36-,40+/m0/s1. The number of carbonyl (C=O) groups is 4. The molecule has 7 rings (SSSR count). The van der Waals surface area contributed by atoms with Crippen LogP contribution in [0, 0.1) is 25.7 Å². The SMILES string of the molecule is Cc1ccc(C)c(N2C/C=C\CCC(=O)OC[C@@H](c3ccccc3)NC(=O)[C@@H]3[C@H]4O[C@@]5(C=C4Br)[C@H](C2=O)N([C@H](CO)c2ccccc2)C(=O)[C@@H]35)c1. The third-order valence-corrected chi connectivity index (χ3v) is 11.1. The van der Waals surface area contributed by atoms with Gasteiger partial charge in [0.05, 0.1) is 30.5 Å². The monoisotopic (exact) mass is 753 g/mol. The van der Waals surface area contributed by atoms with E-state index in [1.54, 1.807) is 11.0 Å². The molecule has 7 atom stereocenters. The zero-order valence-electron chi connectivity index (χ0n) is 28.4. The molecule has 4 aliphatic heterocycles. The number of anilines is 1. The van der Waals surface area contributed by atoms with Crippen LogP contribution in [-0.2, 0) is 28.7 Å². The summed E-state index contributed by atoms with van der Waals surface area (Å²) < 4.78 is 13.0. The molecule has 10 nitrogen and oxygen atoms in total. The fourth-order valence-electron chi connectivity index (χ4n) is 7.99. The average molecular weight is 755 g/mol. The maximum atomic E-state index is 15.4. The number of halogens is 1. The van der Waals surface area contributed by atoms with Crippen molar-refractivity contribution in [2.24, 2.45) is 11.8 Å². The van der Waals surface area contributed by atoms with Crippen LogP contribution in [0.5, 0.6) is 0 Å². The Labute approximate surface area is 305 Å². The molecule has 0 radical (unpaired) electrons. The van der Waals surface area contributed by atoms with Gasteiger partial charge in [0.25, 0.3) is 5.91 Å². The van der Waals surface area contributed by atoms with E-state index in [4.69, 9.17) is 9.47 Å². The van der Waals surface area contributed by atoms with E-state index in [2.05, 4.69) is 21.2 Å². The van der Waals surface area contributed by atoms with Crippen LogP contribution < -0.4 is 10.2 Å². The van der Waals surface area contributed by atoms with Gasteiger partial charge in [0, 0.05) is 23.1 Å². The minimum atomic E-state index is -1.52. The molecule has 3 amide bonds. The smallest absolute Gasteiger partial charge is 0.306 e. The van der Waals surface area contributed by atoms with Crippen molar-refractivity contribution in [2.45, 2.75) is 56.5 Å². The first-order valence-electron chi connectivity index (χ1n) is 17.2. The number of nitrogens with one attached hydrogen (secondary N) is 1. The number of hydrogen-bond donors (Lipinski definition) is 2. The first-order valence-corrected chi connectivity index (χ1v) is 18.0. The van der Waals surface area contributed by atoms with Crippen molar-refractivity contribution in [1.29, 1.82) is 0 Å². The molecule has 0 saturated carbocycles. The third-order valence-electron chi connectivity index (χ3n) is 10.4. The number of aryl methyl sites for hydroxylation is 2. The topological polar surface area (TPSA) is 125 Å². The second-order valence-corrected chi connectivity index (χ2v) is 14.5. The Balaban J connectivity index is 1.39. The Kier molecular flexibility index (Phi) is 9.71. The first-order chi connectivity index (χ1) is 24.6. The van der Waals surface area contributed by atoms with Crippen molar-refractivity contribution in [2.75, 3.05) is 24.7 Å². The summed E-state index contributed by atoms with van der Waals surface area (Å²) in [6.07, 6.45) is 5.09. The largest absolute Gasteiger partial charge is 0.463 e. The van der Waals surface area contributed by atoms with Crippen LogP contribution in [0.2, 0.25) is 0 Å². The lowest BCUT2D eigenvalue weighted by Crippen LogP contribution is -2.57. The normalized spacial score (nSPS) is 29.3. The van der Waals surface area contributed by atoms with E-state index < -0.39 is 72.0 Å². The Morgan fingerprint density at radius 1 is 0.961 bits per heavy atom. The van der Waals surface area contributed by atoms with Gasteiger partial charge in [-0.1, -0.05) is 101 Å². The summed E-state index contributed by atoms with van der Waals surface area (Å²) >= 11 is 3.64. The molecule has 5 bridgehead atoms. The Bertz CT molecular complexity index is 1900. The highest BCUT2D eigenvalue weighted by molar-refractivity contribution is 9.11. The van der Waals surface area contributed by atoms with Gasteiger partial charge in [-0.3, -0.25) is 19.2 Å². The predicted molar refractivity (Wildman–Crippen MR) is 193 cm³/mol. The number of likely N-dealkylation sites (tertiary alicyclic amines) is 1. The first kappa shape index (κ1) is 34.9. The summed E-state index contributed by atoms with van der Waals surface area (Å²) in [5.41, 5.74) is 2.30. The minimum absolute atomic E-state index is 0.106. The molecule has 264 valence electrons. The van der Waals surface area contributed by atoms with E-state index >= 15 is 9.59 Å². The number of carbonyl (C=O) groups excluding carboxylic acids is 4. The van der Waals surface area contributed by atoms with E-state index in [1.165, 1.54) is 4.90 Å². The molecule has 0 aromatic heterocycles. The highest BCUT2D eigenvalue weighted by atomic mass is 79.9. The number of ether oxygens (including phenoxy) is 2. The van der Waals surface area contributed by atoms with Crippen LogP contribution in [0.25, 0.3) is 0 Å². The molecule has 2 saturated heterocycles. The van der Waals surface area contributed by atoms with Crippen LogP contribution in [-0.4, -0.2) is 71.2 Å². The predicted octanol–water partition coefficient (Wildman–Crippen LogP) is 4.99. The number of hydrogen-bond acceptors (Lipinski definition) is 7. The van der Waals surface area contributed by atoms with Crippen LogP contribution >= 0.6 is 15.9 Å². The van der Waals surface area contributed by atoms with Gasteiger partial charge in [0.1, 0.15) is 24.4 Å². The summed E-state index contributed by atoms with van der Waals surface area (Å²) in [5, 5.41) is 14.0. The van der Waals surface area contributed by atoms with Gasteiger partial charge in [-0.15, -0.1) is 0 Å². The molecule has 2 fully saturated rings. The lowest BCUT2D eigenvalue weighted by molar-refractivity contribution is -0.146. The third kappa shape index (κ3) is 6.21. The number of rotatable bonds is 5. The quantitative estimate of drug-likeness (QED) is 0.278. The van der Waals surface area contributed by atoms with Gasteiger partial charge >= 0.3 is 5.97 Å². The van der Waals surface area contributed by atoms with Crippen molar-refractivity contribution in [3.05, 3.63) is 124 Å². The number of esters is 1. The molecule has 4 aliphatic rings. The molecule has 3 aromatic rings. The number of aliphatic hydroxyl groups excluding tert-OH is 1. The number of benzene rings is 3. The number of aliphatic hydroxyl groups is 1. The highest BCUT2D eigenvalue weighted by Gasteiger charge is 2.75. The van der Waals surface area contributed by atoms with Crippen LogP contribution in [0.4, 0.5) is 5.69 Å². The van der Waals surface area contributed by atoms with Gasteiger partial charge in [-0.25, -0.2) is 0 Å². The lowest BCUT2D eigenvalue weighted by Gasteiger charge is -2.39. The zero-order chi connectivity index (χ0) is 35.9. The van der Waals surface area contributed by atoms with E-state index in [-0.39, 0.29) is 19.6 Å². The molecule has 51 heavy (non-hydrogen) atoms. The maximum Gasteiger partial charge on any atom is 0.306 e. The van der Waals surface area contributed by atoms with Crippen LogP contribution in [0.1, 0.15) is 47.2 Å². The Morgan fingerprint density at radius 2 is 1.69 bits per heavy atom. The van der Waals surface area contributed by atoms with Gasteiger partial charge in [0.2, 0.25) is 11.8 Å². The van der Waals surface area contributed by atoms with E-state index in [1.807, 2.05) is 105 Å². The average Bonchev–Trinajstić information content (AvgIpc) is 3.73. The number of amides is 3. The van der Waals surface area contributed by atoms with Gasteiger partial charge in [-0.2, -0.15) is 0 Å². The lowest BCUT2D eigenvalue weighted by atomic mass is 9.74. The van der Waals surface area contributed by atoms with Crippen LogP contribution in [0.3, 0.4) is 0 Å². The number of allylic oxidation sites excluding steroid dienone is 1. The highest BCUT2D eigenvalue weighted by Crippen LogP contribution is 2.60. The van der Waals surface area contributed by atoms with Crippen molar-refractivity contribution in [1.82, 2.24) is 10.2 Å². The van der Waals surface area contributed by atoms with E-state index in [9.17, 15) is 14.7 Å². The number of cyclic esters (lactones) is 1. The molecule has 3 aromatic carbocycles. The molecule has 0 aliphatic carbocycles. The summed E-state index contributed by atoms with van der Waals surface area (Å²) in [6, 6.07) is 21.3. The second kappa shape index (κ2) is 14.2. The van der Waals surface area contributed by atoms with Gasteiger partial charge in [-0.05, 0) is 54.7 Å². The maximum absolute atomic E-state index is 15.4. The molecular weight excluding hydrogens is 714 g/mol. The molecule has 11 heteroatoms. The minimum Gasteiger partial charge on any atom is -0.463 e. The summed E-state index contributed by atoms with van der Waals surface area (Å²) in [5.74, 6) is -3.88. The molecule has 2 N–H and O–H groups in total. The Hall–Kier alpha value is -4.58. The van der Waals surface area contributed by atoms with Crippen LogP contribution in [0.15, 0.2) is 102 Å². The van der Waals surface area contributed by atoms with Crippen molar-refractivity contribution in [3.8, 4) is 0 Å². The van der Waals surface area contributed by atoms with E-state index in [0.29, 0.717) is 22.2 Å². The van der Waals surface area contributed by atoms with Crippen molar-refractivity contribution < 1.29 is 33.8 Å². The zero-order valence-corrected chi connectivity index (χ0v) is 30.0. The summed E-state index contributed by atoms with van der Waals surface area (Å²) in [7, 11) is 0. The number of fused-ring (bicyclic) bond motifs is 2. The summed E-state index contributed by atoms with van der Waals surface area (Å²) in [4.78, 5) is 60.8. The number of nitrogens with zero attached hydrogens (tertiary/aromatic N) is 2. The van der Waals surface area contributed by atoms with Crippen molar-refractivity contribution in [3.63, 3.8) is 0 Å². The molecule has 1 spiro atoms. The molecular formula is C40H40BrN3O7. The van der Waals surface area contributed by atoms with E-state index in [0.717, 1.165) is 16.7 Å².